The van der Waals surface area contributed by atoms with Crippen LogP contribution in [0.3, 0.4) is 0 Å². The van der Waals surface area contributed by atoms with Crippen LogP contribution in [0, 0.1) is 0 Å². The van der Waals surface area contributed by atoms with Gasteiger partial charge in [-0.25, -0.2) is 0 Å². The zero-order chi connectivity index (χ0) is 15.0. The van der Waals surface area contributed by atoms with Crippen molar-refractivity contribution in [2.45, 2.75) is 65.5 Å². The maximum Gasteiger partial charge on any atom is 0.118 e. The van der Waals surface area contributed by atoms with Crippen LogP contribution in [0.25, 0.3) is 0 Å². The van der Waals surface area contributed by atoms with E-state index in [0.717, 1.165) is 12.2 Å². The molecule has 0 fully saturated rings. The molecule has 0 N–H and O–H groups in total. The Morgan fingerprint density at radius 2 is 1.70 bits per heavy atom. The van der Waals surface area contributed by atoms with Gasteiger partial charge >= 0.3 is 0 Å². The predicted octanol–water partition coefficient (Wildman–Crippen LogP) is 5.05. The highest BCUT2D eigenvalue weighted by molar-refractivity contribution is 5.29. The molecule has 2 heteroatoms. The van der Waals surface area contributed by atoms with E-state index < -0.39 is 0 Å². The van der Waals surface area contributed by atoms with E-state index in [2.05, 4.69) is 56.9 Å². The van der Waals surface area contributed by atoms with E-state index in [9.17, 15) is 0 Å². The van der Waals surface area contributed by atoms with E-state index in [-0.39, 0.29) is 0 Å². The fraction of sp³-hybridized carbons (Fsp3) is 0.667. The van der Waals surface area contributed by atoms with Gasteiger partial charge in [0.1, 0.15) is 5.75 Å². The highest BCUT2D eigenvalue weighted by atomic mass is 16.5. The smallest absolute Gasteiger partial charge is 0.118 e. The summed E-state index contributed by atoms with van der Waals surface area (Å²) in [5.41, 5.74) is 1.41. The van der Waals surface area contributed by atoms with Gasteiger partial charge in [0.25, 0.3) is 0 Å². The molecule has 0 spiro atoms. The first-order valence-electron chi connectivity index (χ1n) is 8.07. The summed E-state index contributed by atoms with van der Waals surface area (Å²) in [6, 6.07) is 9.73. The van der Waals surface area contributed by atoms with Crippen LogP contribution in [0.1, 0.15) is 65.0 Å². The molecule has 0 saturated heterocycles. The number of nitrogens with zero attached hydrogens (tertiary/aromatic N) is 1. The summed E-state index contributed by atoms with van der Waals surface area (Å²) < 4.78 is 5.26. The van der Waals surface area contributed by atoms with Crippen molar-refractivity contribution in [2.24, 2.45) is 0 Å². The second-order valence-corrected chi connectivity index (χ2v) is 5.55. The Bertz CT molecular complexity index is 360. The van der Waals surface area contributed by atoms with Crippen LogP contribution in [0.15, 0.2) is 24.3 Å². The zero-order valence-corrected chi connectivity index (χ0v) is 13.9. The molecule has 0 saturated carbocycles. The second-order valence-electron chi connectivity index (χ2n) is 5.55. The molecule has 1 unspecified atom stereocenters. The van der Waals surface area contributed by atoms with Gasteiger partial charge < -0.3 is 4.74 Å². The summed E-state index contributed by atoms with van der Waals surface area (Å²) in [5, 5.41) is 0. The van der Waals surface area contributed by atoms with Crippen molar-refractivity contribution < 1.29 is 4.74 Å². The Morgan fingerprint density at radius 1 is 1.05 bits per heavy atom. The van der Waals surface area contributed by atoms with E-state index in [0.29, 0.717) is 12.1 Å². The van der Waals surface area contributed by atoms with Gasteiger partial charge in [0.15, 0.2) is 0 Å². The summed E-state index contributed by atoms with van der Waals surface area (Å²) in [5.74, 6) is 0.937. The molecule has 0 aromatic heterocycles. The van der Waals surface area contributed by atoms with Gasteiger partial charge in [-0.1, -0.05) is 39.3 Å². The molecule has 0 bridgehead atoms. The van der Waals surface area contributed by atoms with Gasteiger partial charge in [0, 0.05) is 12.1 Å². The lowest BCUT2D eigenvalue weighted by molar-refractivity contribution is 0.133. The normalized spacial score (nSPS) is 14.3. The van der Waals surface area contributed by atoms with Crippen LogP contribution < -0.4 is 4.74 Å². The van der Waals surface area contributed by atoms with Crippen LogP contribution >= 0.6 is 0 Å². The maximum atomic E-state index is 5.26. The standard InChI is InChI=1S/C18H31NO/c1-6-9-14-19(15(4)7-2)18(8-3)16-10-12-17(20-5)13-11-16/h10-13,15,18H,6-9,14H2,1-5H3/t15-,18?/m0/s1. The van der Waals surface area contributed by atoms with E-state index >= 15 is 0 Å². The minimum atomic E-state index is 0.516. The van der Waals surface area contributed by atoms with E-state index in [1.807, 2.05) is 0 Å². The Labute approximate surface area is 125 Å². The van der Waals surface area contributed by atoms with Crippen molar-refractivity contribution in [3.8, 4) is 5.75 Å². The number of unbranched alkanes of at least 4 members (excludes halogenated alkanes) is 1. The third kappa shape index (κ3) is 4.52. The molecule has 2 atom stereocenters. The van der Waals surface area contributed by atoms with Gasteiger partial charge in [-0.15, -0.1) is 0 Å². The van der Waals surface area contributed by atoms with Crippen LogP contribution in [0.4, 0.5) is 0 Å². The lowest BCUT2D eigenvalue weighted by atomic mass is 9.99. The maximum absolute atomic E-state index is 5.26. The third-order valence-corrected chi connectivity index (χ3v) is 4.21. The minimum Gasteiger partial charge on any atom is -0.497 e. The fourth-order valence-corrected chi connectivity index (χ4v) is 2.75. The first-order chi connectivity index (χ1) is 9.67. The van der Waals surface area contributed by atoms with E-state index in [4.69, 9.17) is 4.74 Å². The van der Waals surface area contributed by atoms with E-state index in [1.54, 1.807) is 7.11 Å². The molecule has 1 aromatic rings. The van der Waals surface area contributed by atoms with Crippen molar-refractivity contribution in [1.82, 2.24) is 4.90 Å². The van der Waals surface area contributed by atoms with Crippen molar-refractivity contribution >= 4 is 0 Å². The van der Waals surface area contributed by atoms with Gasteiger partial charge in [0.05, 0.1) is 7.11 Å². The molecule has 0 amide bonds. The Hall–Kier alpha value is -1.02. The Morgan fingerprint density at radius 3 is 2.15 bits per heavy atom. The van der Waals surface area contributed by atoms with Gasteiger partial charge in [-0.2, -0.15) is 0 Å². The SMILES string of the molecule is CCCCN(C(CC)c1ccc(OC)cc1)[C@@H](C)CC. The molecular formula is C18H31NO. The summed E-state index contributed by atoms with van der Waals surface area (Å²) in [6.45, 7) is 10.4. The third-order valence-electron chi connectivity index (χ3n) is 4.21. The van der Waals surface area contributed by atoms with Crippen LogP contribution in [0.2, 0.25) is 0 Å². The number of ether oxygens (including phenoxy) is 1. The van der Waals surface area contributed by atoms with Crippen molar-refractivity contribution in [1.29, 1.82) is 0 Å². The molecule has 0 radical (unpaired) electrons. The quantitative estimate of drug-likeness (QED) is 0.626. The number of hydrogen-bond acceptors (Lipinski definition) is 2. The fourth-order valence-electron chi connectivity index (χ4n) is 2.75. The average molecular weight is 277 g/mol. The molecule has 1 rings (SSSR count). The van der Waals surface area contributed by atoms with Crippen molar-refractivity contribution in [3.63, 3.8) is 0 Å². The molecule has 0 aliphatic carbocycles. The summed E-state index contributed by atoms with van der Waals surface area (Å²) in [4.78, 5) is 2.67. The van der Waals surface area contributed by atoms with Crippen LogP contribution in [0.5, 0.6) is 5.75 Å². The van der Waals surface area contributed by atoms with Crippen LogP contribution in [-0.4, -0.2) is 24.6 Å². The second kappa shape index (κ2) is 9.02. The summed E-state index contributed by atoms with van der Waals surface area (Å²) in [7, 11) is 1.72. The summed E-state index contributed by atoms with van der Waals surface area (Å²) >= 11 is 0. The molecule has 0 aliphatic rings. The highest BCUT2D eigenvalue weighted by Crippen LogP contribution is 2.28. The number of benzene rings is 1. The number of hydrogen-bond donors (Lipinski definition) is 0. The number of methoxy groups -OCH3 is 1. The molecular weight excluding hydrogens is 246 g/mol. The van der Waals surface area contributed by atoms with Gasteiger partial charge in [0.2, 0.25) is 0 Å². The average Bonchev–Trinajstić information content (AvgIpc) is 2.51. The number of rotatable bonds is 9. The van der Waals surface area contributed by atoms with Gasteiger partial charge in [-0.3, -0.25) is 4.90 Å². The molecule has 0 heterocycles. The first-order valence-corrected chi connectivity index (χ1v) is 8.07. The minimum absolute atomic E-state index is 0.516. The Kier molecular flexibility index (Phi) is 7.68. The topological polar surface area (TPSA) is 12.5 Å². The molecule has 1 aromatic carbocycles. The van der Waals surface area contributed by atoms with Gasteiger partial charge in [-0.05, 0) is 50.4 Å². The summed E-state index contributed by atoms with van der Waals surface area (Å²) in [6.07, 6.45) is 4.89. The zero-order valence-electron chi connectivity index (χ0n) is 13.9. The van der Waals surface area contributed by atoms with E-state index in [1.165, 1.54) is 31.4 Å². The monoisotopic (exact) mass is 277 g/mol. The van der Waals surface area contributed by atoms with Crippen molar-refractivity contribution in [2.75, 3.05) is 13.7 Å². The van der Waals surface area contributed by atoms with Crippen molar-refractivity contribution in [3.05, 3.63) is 29.8 Å². The lowest BCUT2D eigenvalue weighted by Gasteiger charge is -2.36. The largest absolute Gasteiger partial charge is 0.497 e. The molecule has 0 aliphatic heterocycles. The lowest BCUT2D eigenvalue weighted by Crippen LogP contribution is -2.37. The predicted molar refractivity (Wildman–Crippen MR) is 87.4 cm³/mol. The first kappa shape index (κ1) is 17.0. The molecule has 114 valence electrons. The molecule has 20 heavy (non-hydrogen) atoms. The molecule has 2 nitrogen and oxygen atoms in total. The highest BCUT2D eigenvalue weighted by Gasteiger charge is 2.22. The Balaban J connectivity index is 2.91. The van der Waals surface area contributed by atoms with Crippen LogP contribution in [-0.2, 0) is 0 Å².